The molecule has 1 atom stereocenters. The van der Waals surface area contributed by atoms with E-state index < -0.39 is 0 Å². The highest BCUT2D eigenvalue weighted by Gasteiger charge is 2.27. The summed E-state index contributed by atoms with van der Waals surface area (Å²) in [5.41, 5.74) is 6.12. The molecule has 1 fully saturated rings. The Hall–Kier alpha value is -1.10. The molecule has 0 aliphatic carbocycles. The van der Waals surface area contributed by atoms with Gasteiger partial charge in [-0.3, -0.25) is 0 Å². The van der Waals surface area contributed by atoms with Crippen LogP contribution in [-0.2, 0) is 0 Å². The third-order valence-electron chi connectivity index (χ3n) is 3.21. The maximum atomic E-state index is 5.68. The van der Waals surface area contributed by atoms with Crippen molar-refractivity contribution in [2.24, 2.45) is 11.1 Å². The lowest BCUT2D eigenvalue weighted by Crippen LogP contribution is -2.37. The van der Waals surface area contributed by atoms with Gasteiger partial charge in [0.1, 0.15) is 0 Å². The average Bonchev–Trinajstić information content (AvgIpc) is 2.66. The Bertz CT molecular complexity index is 349. The molecule has 5 heteroatoms. The van der Waals surface area contributed by atoms with E-state index in [1.807, 2.05) is 6.92 Å². The lowest BCUT2D eigenvalue weighted by Gasteiger charge is -2.35. The number of anilines is 1. The molecule has 1 unspecified atom stereocenters. The predicted octanol–water partition coefficient (Wildman–Crippen LogP) is 1.72. The highest BCUT2D eigenvalue weighted by molar-refractivity contribution is 5.25. The highest BCUT2D eigenvalue weighted by atomic mass is 16.4. The van der Waals surface area contributed by atoms with Crippen molar-refractivity contribution in [1.29, 1.82) is 0 Å². The zero-order chi connectivity index (χ0) is 11.8. The summed E-state index contributed by atoms with van der Waals surface area (Å²) in [6.45, 7) is 8.40. The molecule has 0 radical (unpaired) electrons. The van der Waals surface area contributed by atoms with Crippen LogP contribution in [-0.4, -0.2) is 23.3 Å². The largest absolute Gasteiger partial charge is 0.406 e. The SMILES string of the molecule is CC(N)c1nnc(N2CCC(C)(C)CC2)o1. The molecule has 2 heterocycles. The molecule has 0 bridgehead atoms. The van der Waals surface area contributed by atoms with Crippen molar-refractivity contribution < 1.29 is 4.42 Å². The average molecular weight is 224 g/mol. The summed E-state index contributed by atoms with van der Waals surface area (Å²) in [5, 5.41) is 7.98. The molecule has 0 spiro atoms. The van der Waals surface area contributed by atoms with E-state index in [1.54, 1.807) is 0 Å². The quantitative estimate of drug-likeness (QED) is 0.828. The zero-order valence-electron chi connectivity index (χ0n) is 10.2. The Morgan fingerprint density at radius 2 is 1.94 bits per heavy atom. The highest BCUT2D eigenvalue weighted by Crippen LogP contribution is 2.31. The number of hydrogen-bond donors (Lipinski definition) is 1. The lowest BCUT2D eigenvalue weighted by molar-refractivity contribution is 0.272. The summed E-state index contributed by atoms with van der Waals surface area (Å²) in [6, 6.07) is 0.422. The van der Waals surface area contributed by atoms with Crippen LogP contribution < -0.4 is 10.6 Å². The van der Waals surface area contributed by atoms with Crippen LogP contribution in [0.4, 0.5) is 6.01 Å². The van der Waals surface area contributed by atoms with E-state index >= 15 is 0 Å². The first-order valence-corrected chi connectivity index (χ1v) is 5.82. The van der Waals surface area contributed by atoms with Gasteiger partial charge in [0.05, 0.1) is 6.04 Å². The van der Waals surface area contributed by atoms with Gasteiger partial charge < -0.3 is 15.1 Å². The number of rotatable bonds is 2. The van der Waals surface area contributed by atoms with Crippen LogP contribution in [0.1, 0.15) is 45.5 Å². The zero-order valence-corrected chi connectivity index (χ0v) is 10.2. The molecule has 1 saturated heterocycles. The van der Waals surface area contributed by atoms with Crippen LogP contribution in [0.2, 0.25) is 0 Å². The summed E-state index contributed by atoms with van der Waals surface area (Å²) in [7, 11) is 0. The molecule has 5 nitrogen and oxygen atoms in total. The molecule has 90 valence electrons. The number of piperidine rings is 1. The van der Waals surface area contributed by atoms with Crippen LogP contribution in [0.3, 0.4) is 0 Å². The van der Waals surface area contributed by atoms with Gasteiger partial charge in [0.15, 0.2) is 0 Å². The Morgan fingerprint density at radius 3 is 2.44 bits per heavy atom. The molecule has 0 aromatic carbocycles. The van der Waals surface area contributed by atoms with E-state index in [2.05, 4.69) is 28.9 Å². The summed E-state index contributed by atoms with van der Waals surface area (Å²) in [5.74, 6) is 0.514. The minimum absolute atomic E-state index is 0.192. The Balaban J connectivity index is 2.03. The maximum absolute atomic E-state index is 5.68. The third kappa shape index (κ3) is 2.35. The molecule has 1 aromatic heterocycles. The first kappa shape index (κ1) is 11.4. The van der Waals surface area contributed by atoms with Crippen molar-refractivity contribution in [1.82, 2.24) is 10.2 Å². The van der Waals surface area contributed by atoms with Crippen molar-refractivity contribution in [3.8, 4) is 0 Å². The topological polar surface area (TPSA) is 68.2 Å². The molecule has 1 aromatic rings. The van der Waals surface area contributed by atoms with Gasteiger partial charge in [-0.1, -0.05) is 18.9 Å². The van der Waals surface area contributed by atoms with Crippen LogP contribution >= 0.6 is 0 Å². The molecule has 1 aliphatic rings. The second-order valence-corrected chi connectivity index (χ2v) is 5.36. The molecule has 0 amide bonds. The van der Waals surface area contributed by atoms with E-state index in [1.165, 1.54) is 0 Å². The van der Waals surface area contributed by atoms with Gasteiger partial charge in [0, 0.05) is 13.1 Å². The molecular weight excluding hydrogens is 204 g/mol. The summed E-state index contributed by atoms with van der Waals surface area (Å²) in [4.78, 5) is 2.14. The monoisotopic (exact) mass is 224 g/mol. The first-order valence-electron chi connectivity index (χ1n) is 5.82. The van der Waals surface area contributed by atoms with E-state index in [4.69, 9.17) is 10.2 Å². The van der Waals surface area contributed by atoms with Crippen molar-refractivity contribution in [3.05, 3.63) is 5.89 Å². The van der Waals surface area contributed by atoms with Crippen LogP contribution in [0.25, 0.3) is 0 Å². The Kier molecular flexibility index (Phi) is 2.88. The van der Waals surface area contributed by atoms with Crippen LogP contribution in [0.5, 0.6) is 0 Å². The van der Waals surface area contributed by atoms with E-state index in [0.29, 0.717) is 17.3 Å². The molecule has 1 aliphatic heterocycles. The lowest BCUT2D eigenvalue weighted by atomic mass is 9.83. The van der Waals surface area contributed by atoms with Crippen molar-refractivity contribution >= 4 is 6.01 Å². The van der Waals surface area contributed by atoms with Gasteiger partial charge in [-0.15, -0.1) is 5.10 Å². The number of aromatic nitrogens is 2. The maximum Gasteiger partial charge on any atom is 0.318 e. The summed E-state index contributed by atoms with van der Waals surface area (Å²) >= 11 is 0. The van der Waals surface area contributed by atoms with E-state index in [9.17, 15) is 0 Å². The second-order valence-electron chi connectivity index (χ2n) is 5.36. The van der Waals surface area contributed by atoms with Gasteiger partial charge in [-0.05, 0) is 25.2 Å². The predicted molar refractivity (Wildman–Crippen MR) is 62.1 cm³/mol. The summed E-state index contributed by atoms with van der Waals surface area (Å²) < 4.78 is 5.53. The van der Waals surface area contributed by atoms with Crippen LogP contribution in [0.15, 0.2) is 4.42 Å². The van der Waals surface area contributed by atoms with Crippen LogP contribution in [0, 0.1) is 5.41 Å². The number of hydrogen-bond acceptors (Lipinski definition) is 5. The molecule has 16 heavy (non-hydrogen) atoms. The van der Waals surface area contributed by atoms with Crippen molar-refractivity contribution in [2.45, 2.75) is 39.7 Å². The first-order chi connectivity index (χ1) is 7.48. The van der Waals surface area contributed by atoms with Gasteiger partial charge in [0.2, 0.25) is 5.89 Å². The molecular formula is C11H20N4O. The van der Waals surface area contributed by atoms with Gasteiger partial charge in [-0.25, -0.2) is 0 Å². The Labute approximate surface area is 96.0 Å². The fraction of sp³-hybridized carbons (Fsp3) is 0.818. The van der Waals surface area contributed by atoms with E-state index in [-0.39, 0.29) is 6.04 Å². The summed E-state index contributed by atoms with van der Waals surface area (Å²) in [6.07, 6.45) is 2.31. The molecule has 2 rings (SSSR count). The fourth-order valence-electron chi connectivity index (χ4n) is 1.84. The molecule has 2 N–H and O–H groups in total. The van der Waals surface area contributed by atoms with Gasteiger partial charge in [-0.2, -0.15) is 0 Å². The minimum atomic E-state index is -0.192. The van der Waals surface area contributed by atoms with Gasteiger partial charge >= 0.3 is 6.01 Å². The normalized spacial score (nSPS) is 22.1. The third-order valence-corrected chi connectivity index (χ3v) is 3.21. The van der Waals surface area contributed by atoms with Gasteiger partial charge in [0.25, 0.3) is 0 Å². The number of nitrogens with zero attached hydrogens (tertiary/aromatic N) is 3. The fourth-order valence-corrected chi connectivity index (χ4v) is 1.84. The standard InChI is InChI=1S/C11H20N4O/c1-8(12)9-13-14-10(16-9)15-6-4-11(2,3)5-7-15/h8H,4-7,12H2,1-3H3. The number of nitrogens with two attached hydrogens (primary N) is 1. The Morgan fingerprint density at radius 1 is 1.31 bits per heavy atom. The van der Waals surface area contributed by atoms with E-state index in [0.717, 1.165) is 25.9 Å². The molecule has 0 saturated carbocycles. The van der Waals surface area contributed by atoms with Crippen molar-refractivity contribution in [2.75, 3.05) is 18.0 Å². The minimum Gasteiger partial charge on any atom is -0.406 e. The second kappa shape index (κ2) is 4.05. The smallest absolute Gasteiger partial charge is 0.318 e. The van der Waals surface area contributed by atoms with Crippen molar-refractivity contribution in [3.63, 3.8) is 0 Å².